The van der Waals surface area contributed by atoms with Crippen molar-refractivity contribution in [3.63, 3.8) is 0 Å². The van der Waals surface area contributed by atoms with Gasteiger partial charge in [0, 0.05) is 26.2 Å². The Bertz CT molecular complexity index is 436. The number of nitrogens with two attached hydrogens (primary N) is 1. The molecule has 0 spiro atoms. The average molecular weight is 294 g/mol. The molecule has 5 nitrogen and oxygen atoms in total. The number of carbonyl (C=O) groups is 1. The lowest BCUT2D eigenvalue weighted by molar-refractivity contribution is -0.110. The Morgan fingerprint density at radius 1 is 1.33 bits per heavy atom. The zero-order valence-electron chi connectivity index (χ0n) is 13.1. The summed E-state index contributed by atoms with van der Waals surface area (Å²) in [7, 11) is 1.67. The first-order valence-corrected chi connectivity index (χ1v) is 7.28. The molecule has 1 rings (SSSR count). The molecule has 3 N–H and O–H groups in total. The largest absolute Gasteiger partial charge is 0.491 e. The van der Waals surface area contributed by atoms with Crippen LogP contribution in [0.4, 0.5) is 5.69 Å². The van der Waals surface area contributed by atoms with E-state index in [1.54, 1.807) is 7.11 Å². The van der Waals surface area contributed by atoms with Crippen LogP contribution in [0.25, 0.3) is 0 Å². The van der Waals surface area contributed by atoms with Gasteiger partial charge in [-0.15, -0.1) is 0 Å². The molecule has 1 atom stereocenters. The predicted octanol–water partition coefficient (Wildman–Crippen LogP) is 2.00. The Kier molecular flexibility index (Phi) is 7.61. The second-order valence-corrected chi connectivity index (χ2v) is 5.41. The highest BCUT2D eigenvalue weighted by Crippen LogP contribution is 2.24. The summed E-state index contributed by atoms with van der Waals surface area (Å²) in [6.07, 6.45) is 2.33. The summed E-state index contributed by atoms with van der Waals surface area (Å²) in [5, 5.41) is 2.86. The standard InChI is InChI=1S/C16H26N2O3/c1-12(2)15(18-11-19)9-13-5-6-14(17)16(10-13)21-8-4-7-20-3/h5-6,10-12,15H,4,7-9,17H2,1-3H3,(H,18,19). The maximum Gasteiger partial charge on any atom is 0.207 e. The number of rotatable bonds is 10. The van der Waals surface area contributed by atoms with Crippen molar-refractivity contribution in [2.24, 2.45) is 5.92 Å². The number of ether oxygens (including phenoxy) is 2. The summed E-state index contributed by atoms with van der Waals surface area (Å²) in [5.41, 5.74) is 7.65. The number of anilines is 1. The Hall–Kier alpha value is -1.75. The van der Waals surface area contributed by atoms with Crippen molar-refractivity contribution in [3.8, 4) is 5.75 Å². The van der Waals surface area contributed by atoms with Gasteiger partial charge in [-0.25, -0.2) is 0 Å². The summed E-state index contributed by atoms with van der Waals surface area (Å²) in [4.78, 5) is 10.7. The van der Waals surface area contributed by atoms with Crippen LogP contribution in [0.1, 0.15) is 25.8 Å². The second kappa shape index (κ2) is 9.23. The molecule has 1 amide bonds. The number of methoxy groups -OCH3 is 1. The summed E-state index contributed by atoms with van der Waals surface area (Å²) >= 11 is 0. The molecular formula is C16H26N2O3. The summed E-state index contributed by atoms with van der Waals surface area (Å²) < 4.78 is 10.7. The van der Waals surface area contributed by atoms with E-state index < -0.39 is 0 Å². The van der Waals surface area contributed by atoms with Crippen LogP contribution in [-0.4, -0.2) is 32.8 Å². The van der Waals surface area contributed by atoms with Crippen LogP contribution in [0.5, 0.6) is 5.75 Å². The van der Waals surface area contributed by atoms with Gasteiger partial charge >= 0.3 is 0 Å². The zero-order chi connectivity index (χ0) is 15.7. The number of hydrogen-bond acceptors (Lipinski definition) is 4. The Balaban J connectivity index is 2.68. The minimum atomic E-state index is 0.104. The molecule has 0 aliphatic rings. The highest BCUT2D eigenvalue weighted by atomic mass is 16.5. The molecule has 0 aliphatic carbocycles. The first-order chi connectivity index (χ1) is 10.1. The van der Waals surface area contributed by atoms with E-state index in [0.717, 1.165) is 24.8 Å². The topological polar surface area (TPSA) is 73.6 Å². The minimum absolute atomic E-state index is 0.104. The number of hydrogen-bond donors (Lipinski definition) is 2. The fourth-order valence-electron chi connectivity index (χ4n) is 2.04. The number of carbonyl (C=O) groups excluding carboxylic acids is 1. The van der Waals surface area contributed by atoms with Crippen molar-refractivity contribution in [2.45, 2.75) is 32.7 Å². The fraction of sp³-hybridized carbons (Fsp3) is 0.562. The van der Waals surface area contributed by atoms with Crippen LogP contribution in [0.2, 0.25) is 0 Å². The summed E-state index contributed by atoms with van der Waals surface area (Å²) in [6, 6.07) is 5.87. The van der Waals surface area contributed by atoms with E-state index >= 15 is 0 Å². The van der Waals surface area contributed by atoms with Gasteiger partial charge in [0.05, 0.1) is 12.3 Å². The van der Waals surface area contributed by atoms with Gasteiger partial charge in [0.25, 0.3) is 0 Å². The molecule has 0 heterocycles. The lowest BCUT2D eigenvalue weighted by Gasteiger charge is -2.20. The van der Waals surface area contributed by atoms with Crippen molar-refractivity contribution in [3.05, 3.63) is 23.8 Å². The van der Waals surface area contributed by atoms with Gasteiger partial charge in [0.2, 0.25) is 6.41 Å². The van der Waals surface area contributed by atoms with Crippen LogP contribution >= 0.6 is 0 Å². The summed E-state index contributed by atoms with van der Waals surface area (Å²) in [5.74, 6) is 1.05. The fourth-order valence-corrected chi connectivity index (χ4v) is 2.04. The second-order valence-electron chi connectivity index (χ2n) is 5.41. The third-order valence-electron chi connectivity index (χ3n) is 3.37. The van der Waals surface area contributed by atoms with Crippen molar-refractivity contribution in [1.29, 1.82) is 0 Å². The molecule has 0 fully saturated rings. The highest BCUT2D eigenvalue weighted by Gasteiger charge is 2.14. The molecule has 1 aromatic rings. The van der Waals surface area contributed by atoms with Gasteiger partial charge in [0.15, 0.2) is 0 Å². The quantitative estimate of drug-likeness (QED) is 0.393. The Morgan fingerprint density at radius 2 is 2.10 bits per heavy atom. The van der Waals surface area contributed by atoms with Crippen LogP contribution in [-0.2, 0) is 16.0 Å². The van der Waals surface area contributed by atoms with Gasteiger partial charge in [-0.3, -0.25) is 4.79 Å². The Labute approximate surface area is 126 Å². The van der Waals surface area contributed by atoms with Crippen molar-refractivity contribution < 1.29 is 14.3 Å². The Morgan fingerprint density at radius 3 is 2.71 bits per heavy atom. The van der Waals surface area contributed by atoms with Crippen molar-refractivity contribution in [1.82, 2.24) is 5.32 Å². The molecule has 118 valence electrons. The number of nitrogen functional groups attached to an aromatic ring is 1. The maximum absolute atomic E-state index is 10.7. The monoisotopic (exact) mass is 294 g/mol. The zero-order valence-corrected chi connectivity index (χ0v) is 13.1. The van der Waals surface area contributed by atoms with Gasteiger partial charge < -0.3 is 20.5 Å². The molecule has 0 aromatic heterocycles. The first-order valence-electron chi connectivity index (χ1n) is 7.28. The molecule has 0 radical (unpaired) electrons. The number of amides is 1. The third kappa shape index (κ3) is 6.04. The number of benzene rings is 1. The van der Waals surface area contributed by atoms with Crippen molar-refractivity contribution in [2.75, 3.05) is 26.1 Å². The third-order valence-corrected chi connectivity index (χ3v) is 3.37. The summed E-state index contributed by atoms with van der Waals surface area (Å²) in [6.45, 7) is 5.40. The van der Waals surface area contributed by atoms with E-state index in [-0.39, 0.29) is 6.04 Å². The van der Waals surface area contributed by atoms with E-state index in [1.165, 1.54) is 0 Å². The molecule has 1 aromatic carbocycles. The van der Waals surface area contributed by atoms with E-state index in [4.69, 9.17) is 15.2 Å². The molecule has 0 bridgehead atoms. The van der Waals surface area contributed by atoms with E-state index in [9.17, 15) is 4.79 Å². The lowest BCUT2D eigenvalue weighted by atomic mass is 9.96. The van der Waals surface area contributed by atoms with Gasteiger partial charge in [-0.2, -0.15) is 0 Å². The molecule has 0 saturated carbocycles. The van der Waals surface area contributed by atoms with Gasteiger partial charge in [-0.1, -0.05) is 19.9 Å². The smallest absolute Gasteiger partial charge is 0.207 e. The SMILES string of the molecule is COCCCOc1cc(CC(NC=O)C(C)C)ccc1N. The minimum Gasteiger partial charge on any atom is -0.491 e. The molecule has 0 saturated heterocycles. The molecule has 1 unspecified atom stereocenters. The normalized spacial score (nSPS) is 12.2. The van der Waals surface area contributed by atoms with Gasteiger partial charge in [0.1, 0.15) is 5.75 Å². The average Bonchev–Trinajstić information content (AvgIpc) is 2.46. The van der Waals surface area contributed by atoms with Crippen molar-refractivity contribution >= 4 is 12.1 Å². The maximum atomic E-state index is 10.7. The predicted molar refractivity (Wildman–Crippen MR) is 84.4 cm³/mol. The molecule has 5 heteroatoms. The molecule has 21 heavy (non-hydrogen) atoms. The van der Waals surface area contributed by atoms with Crippen LogP contribution in [0, 0.1) is 5.92 Å². The van der Waals surface area contributed by atoms with Crippen LogP contribution in [0.3, 0.4) is 0 Å². The first kappa shape index (κ1) is 17.3. The van der Waals surface area contributed by atoms with E-state index in [1.807, 2.05) is 18.2 Å². The molecular weight excluding hydrogens is 268 g/mol. The molecule has 0 aliphatic heterocycles. The lowest BCUT2D eigenvalue weighted by Crippen LogP contribution is -2.34. The van der Waals surface area contributed by atoms with E-state index in [2.05, 4.69) is 19.2 Å². The van der Waals surface area contributed by atoms with Crippen LogP contribution < -0.4 is 15.8 Å². The number of nitrogens with one attached hydrogen (secondary N) is 1. The highest BCUT2D eigenvalue weighted by molar-refractivity contribution is 5.54. The van der Waals surface area contributed by atoms with Crippen LogP contribution in [0.15, 0.2) is 18.2 Å². The van der Waals surface area contributed by atoms with Gasteiger partial charge in [-0.05, 0) is 30.0 Å². The van der Waals surface area contributed by atoms with E-state index in [0.29, 0.717) is 30.6 Å².